The first-order valence-corrected chi connectivity index (χ1v) is 13.8. The summed E-state index contributed by atoms with van der Waals surface area (Å²) < 4.78 is 60.4. The summed E-state index contributed by atoms with van der Waals surface area (Å²) >= 11 is 0. The smallest absolute Gasteiger partial charge is 0.276 e. The van der Waals surface area contributed by atoms with Gasteiger partial charge in [0.15, 0.2) is 11.3 Å². The number of rotatable bonds is 9. The predicted octanol–water partition coefficient (Wildman–Crippen LogP) is 4.08. The number of carbonyl (C=O) groups is 2. The van der Waals surface area contributed by atoms with Crippen molar-refractivity contribution in [2.45, 2.75) is 95.2 Å². The van der Waals surface area contributed by atoms with E-state index in [1.807, 2.05) is 0 Å². The van der Waals surface area contributed by atoms with E-state index in [9.17, 15) is 32.3 Å². The average Bonchev–Trinajstić information content (AvgIpc) is 3.49. The molecule has 5 rings (SSSR count). The first-order valence-electron chi connectivity index (χ1n) is 13.8. The Hall–Kier alpha value is -3.62. The van der Waals surface area contributed by atoms with Crippen molar-refractivity contribution in [3.05, 3.63) is 41.1 Å². The van der Waals surface area contributed by atoms with Gasteiger partial charge in [-0.05, 0) is 56.7 Å². The minimum atomic E-state index is -2.77. The zero-order chi connectivity index (χ0) is 30.4. The number of aryl methyl sites for hydroxylation is 1. The van der Waals surface area contributed by atoms with E-state index < -0.39 is 47.3 Å². The van der Waals surface area contributed by atoms with E-state index in [0.29, 0.717) is 16.9 Å². The van der Waals surface area contributed by atoms with E-state index in [4.69, 9.17) is 0 Å². The Morgan fingerprint density at radius 2 is 1.83 bits per heavy atom. The minimum Gasteiger partial charge on any atom is -0.388 e. The normalized spacial score (nSPS) is 20.6. The molecule has 3 heterocycles. The largest absolute Gasteiger partial charge is 0.388 e. The summed E-state index contributed by atoms with van der Waals surface area (Å²) in [6, 6.07) is -0.0709. The Morgan fingerprint density at radius 1 is 1.14 bits per heavy atom. The van der Waals surface area contributed by atoms with Gasteiger partial charge >= 0.3 is 0 Å². The van der Waals surface area contributed by atoms with E-state index >= 15 is 0 Å². The van der Waals surface area contributed by atoms with Crippen LogP contribution < -0.4 is 10.6 Å². The first kappa shape index (κ1) is 29.9. The topological polar surface area (TPSA) is 148 Å². The highest BCUT2D eigenvalue weighted by Crippen LogP contribution is 2.44. The maximum atomic E-state index is 14.0. The summed E-state index contributed by atoms with van der Waals surface area (Å²) in [5.74, 6) is -7.35. The molecule has 3 aromatic rings. The SMILES string of the molecule is Cc1nonc1C(=O)N[C@H](c1cn2ncc([C@@H](NC(=O)CC3CC(F)(F)C3)C(C)(C)O)cc2n1)C1CCC(F)(F)CC1. The van der Waals surface area contributed by atoms with Gasteiger partial charge in [-0.3, -0.25) is 9.59 Å². The number of fused-ring (bicyclic) bond motifs is 1. The highest BCUT2D eigenvalue weighted by molar-refractivity contribution is 5.93. The summed E-state index contributed by atoms with van der Waals surface area (Å²) in [4.78, 5) is 30.3. The maximum Gasteiger partial charge on any atom is 0.276 e. The summed E-state index contributed by atoms with van der Waals surface area (Å²) in [7, 11) is 0. The van der Waals surface area contributed by atoms with Crippen LogP contribution in [0, 0.1) is 18.8 Å². The Kier molecular flexibility index (Phi) is 7.75. The standard InChI is InChI=1S/C27H33F4N7O4/c1-14-21(37-42-36-14)24(40)35-22(16-4-6-26(28,29)7-5-16)18-13-38-19(33-18)9-17(12-32-38)23(25(2,3)41)34-20(39)8-15-10-27(30,31)11-15/h9,12-13,15-16,22-23,41H,4-8,10-11H2,1-3H3,(H,34,39)(H,35,40)/t22-,23+/m0/s1. The fraction of sp³-hybridized carbons (Fsp3) is 0.630. The molecule has 228 valence electrons. The lowest BCUT2D eigenvalue weighted by atomic mass is 9.79. The number of alkyl halides is 4. The van der Waals surface area contributed by atoms with Crippen LogP contribution in [0.3, 0.4) is 0 Å². The molecule has 2 saturated carbocycles. The van der Waals surface area contributed by atoms with Gasteiger partial charge in [-0.1, -0.05) is 5.16 Å². The quantitative estimate of drug-likeness (QED) is 0.314. The van der Waals surface area contributed by atoms with Crippen molar-refractivity contribution in [3.63, 3.8) is 0 Å². The molecule has 2 aliphatic carbocycles. The fourth-order valence-corrected chi connectivity index (χ4v) is 5.77. The molecule has 0 unspecified atom stereocenters. The molecular formula is C27H33F4N7O4. The number of amides is 2. The second-order valence-electron chi connectivity index (χ2n) is 12.1. The fourth-order valence-electron chi connectivity index (χ4n) is 5.77. The molecule has 15 heteroatoms. The van der Waals surface area contributed by atoms with Gasteiger partial charge in [0, 0.05) is 37.7 Å². The molecule has 11 nitrogen and oxygen atoms in total. The molecule has 0 radical (unpaired) electrons. The van der Waals surface area contributed by atoms with Crippen LogP contribution in [0.5, 0.6) is 0 Å². The third-order valence-electron chi connectivity index (χ3n) is 8.06. The average molecular weight is 596 g/mol. The number of nitrogens with one attached hydrogen (secondary N) is 2. The molecule has 0 aliphatic heterocycles. The number of nitrogens with zero attached hydrogens (tertiary/aromatic N) is 5. The van der Waals surface area contributed by atoms with Crippen LogP contribution in [0.15, 0.2) is 23.1 Å². The zero-order valence-corrected chi connectivity index (χ0v) is 23.4. The highest BCUT2D eigenvalue weighted by Gasteiger charge is 2.46. The Morgan fingerprint density at radius 3 is 2.43 bits per heavy atom. The number of halogens is 4. The number of aromatic nitrogens is 5. The summed E-state index contributed by atoms with van der Waals surface area (Å²) in [5.41, 5.74) is -0.0756. The first-order chi connectivity index (χ1) is 19.6. The van der Waals surface area contributed by atoms with Gasteiger partial charge in [0.25, 0.3) is 5.91 Å². The molecule has 0 spiro atoms. The molecule has 3 N–H and O–H groups in total. The third-order valence-corrected chi connectivity index (χ3v) is 8.06. The summed E-state index contributed by atoms with van der Waals surface area (Å²) in [6.45, 7) is 4.56. The van der Waals surface area contributed by atoms with Crippen molar-refractivity contribution in [2.75, 3.05) is 0 Å². The van der Waals surface area contributed by atoms with Crippen LogP contribution >= 0.6 is 0 Å². The van der Waals surface area contributed by atoms with Crippen LogP contribution in [0.1, 0.15) is 98.3 Å². The number of hydrogen-bond donors (Lipinski definition) is 3. The molecule has 2 atom stereocenters. The minimum absolute atomic E-state index is 0.0281. The molecule has 3 aromatic heterocycles. The molecule has 2 amide bonds. The van der Waals surface area contributed by atoms with Gasteiger partial charge in [-0.15, -0.1) is 0 Å². The molecule has 0 saturated heterocycles. The lowest BCUT2D eigenvalue weighted by Crippen LogP contribution is -2.44. The van der Waals surface area contributed by atoms with Crippen LogP contribution in [0.25, 0.3) is 5.65 Å². The van der Waals surface area contributed by atoms with Crippen molar-refractivity contribution in [2.24, 2.45) is 11.8 Å². The van der Waals surface area contributed by atoms with Gasteiger partial charge in [0.2, 0.25) is 17.8 Å². The number of imidazole rings is 1. The van der Waals surface area contributed by atoms with Crippen molar-refractivity contribution >= 4 is 17.5 Å². The second-order valence-corrected chi connectivity index (χ2v) is 12.1. The number of carbonyl (C=O) groups excluding carboxylic acids is 2. The van der Waals surface area contributed by atoms with E-state index in [-0.39, 0.29) is 62.3 Å². The van der Waals surface area contributed by atoms with Gasteiger partial charge in [0.1, 0.15) is 5.69 Å². The van der Waals surface area contributed by atoms with Gasteiger partial charge in [-0.25, -0.2) is 31.7 Å². The van der Waals surface area contributed by atoms with Crippen molar-refractivity contribution in [3.8, 4) is 0 Å². The van der Waals surface area contributed by atoms with Crippen LogP contribution in [0.2, 0.25) is 0 Å². The van der Waals surface area contributed by atoms with Crippen LogP contribution in [-0.2, 0) is 4.79 Å². The monoisotopic (exact) mass is 595 g/mol. The lowest BCUT2D eigenvalue weighted by Gasteiger charge is -2.35. The highest BCUT2D eigenvalue weighted by atomic mass is 19.3. The third kappa shape index (κ3) is 6.55. The van der Waals surface area contributed by atoms with Gasteiger partial charge in [-0.2, -0.15) is 5.10 Å². The van der Waals surface area contributed by atoms with Crippen molar-refractivity contribution < 1.29 is 36.9 Å². The Balaban J connectivity index is 1.40. The Labute approximate surface area is 238 Å². The van der Waals surface area contributed by atoms with E-state index in [1.165, 1.54) is 24.6 Å². The van der Waals surface area contributed by atoms with Crippen molar-refractivity contribution in [1.29, 1.82) is 0 Å². The van der Waals surface area contributed by atoms with E-state index in [1.54, 1.807) is 19.2 Å². The molecule has 42 heavy (non-hydrogen) atoms. The predicted molar refractivity (Wildman–Crippen MR) is 139 cm³/mol. The molecule has 2 fully saturated rings. The molecule has 0 bridgehead atoms. The molecular weight excluding hydrogens is 562 g/mol. The van der Waals surface area contributed by atoms with Gasteiger partial charge in [0.05, 0.1) is 35.8 Å². The van der Waals surface area contributed by atoms with E-state index in [0.717, 1.165) is 0 Å². The number of aliphatic hydroxyl groups is 1. The van der Waals surface area contributed by atoms with Crippen LogP contribution in [0.4, 0.5) is 17.6 Å². The summed E-state index contributed by atoms with van der Waals surface area (Å²) in [6.07, 6.45) is 1.90. The zero-order valence-electron chi connectivity index (χ0n) is 23.4. The Bertz CT molecular complexity index is 1450. The molecule has 2 aliphatic rings. The van der Waals surface area contributed by atoms with Gasteiger partial charge < -0.3 is 15.7 Å². The van der Waals surface area contributed by atoms with E-state index in [2.05, 4.69) is 35.7 Å². The van der Waals surface area contributed by atoms with Crippen molar-refractivity contribution in [1.82, 2.24) is 35.5 Å². The number of hydrogen-bond acceptors (Lipinski definition) is 8. The van der Waals surface area contributed by atoms with Crippen LogP contribution in [-0.4, -0.2) is 59.3 Å². The lowest BCUT2D eigenvalue weighted by molar-refractivity contribution is -0.135. The maximum absolute atomic E-state index is 14.0. The summed E-state index contributed by atoms with van der Waals surface area (Å²) in [5, 5.41) is 28.1. The molecule has 0 aromatic carbocycles. The second kappa shape index (κ2) is 10.9.